The first-order valence-corrected chi connectivity index (χ1v) is 4.91. The summed E-state index contributed by atoms with van der Waals surface area (Å²) in [6.07, 6.45) is 1.25. The zero-order chi connectivity index (χ0) is 9.84. The van der Waals surface area contributed by atoms with Gasteiger partial charge in [0.25, 0.3) is 0 Å². The number of hydrogen-bond acceptors (Lipinski definition) is 1. The molecule has 0 heterocycles. The number of halogens is 3. The average Bonchev–Trinajstić information content (AvgIpc) is 2.10. The summed E-state index contributed by atoms with van der Waals surface area (Å²) in [5, 5.41) is 9.25. The smallest absolute Gasteiger partial charge is 0.0927 e. The van der Waals surface area contributed by atoms with E-state index in [-0.39, 0.29) is 0 Å². The lowest BCUT2D eigenvalue weighted by Crippen LogP contribution is -1.80. The third-order valence-corrected chi connectivity index (χ3v) is 3.01. The fourth-order valence-electron chi connectivity index (χ4n) is 0.823. The average molecular weight is 277 g/mol. The lowest BCUT2D eigenvalue weighted by molar-refractivity contribution is 1.53. The Hall–Kier alpha value is -0.490. The van der Waals surface area contributed by atoms with Crippen molar-refractivity contribution in [2.24, 2.45) is 0 Å². The largest absolute Gasteiger partial charge is 0.193 e. The summed E-state index contributed by atoms with van der Waals surface area (Å²) in [5.74, 6) is 0. The molecule has 0 aliphatic heterocycles. The Morgan fingerprint density at radius 1 is 1.54 bits per heavy atom. The van der Waals surface area contributed by atoms with Crippen LogP contribution in [-0.2, 0) is 0 Å². The Balaban J connectivity index is 3.25. The molecule has 0 N–H and O–H groups in total. The normalized spacial score (nSPS) is 11.1. The van der Waals surface area contributed by atoms with E-state index >= 15 is 0 Å². The van der Waals surface area contributed by atoms with Crippen LogP contribution >= 0.6 is 39.1 Å². The minimum atomic E-state index is 0.341. The van der Waals surface area contributed by atoms with Gasteiger partial charge in [0.05, 0.1) is 16.1 Å². The second-order valence-electron chi connectivity index (χ2n) is 2.22. The van der Waals surface area contributed by atoms with Gasteiger partial charge in [-0.3, -0.25) is 0 Å². The van der Waals surface area contributed by atoms with E-state index in [0.29, 0.717) is 15.6 Å². The zero-order valence-electron chi connectivity index (χ0n) is 6.39. The minimum absolute atomic E-state index is 0.341. The first-order chi connectivity index (χ1) is 6.16. The molecule has 0 amide bonds. The van der Waals surface area contributed by atoms with Gasteiger partial charge in [-0.1, -0.05) is 35.3 Å². The number of benzene rings is 1. The fourth-order valence-corrected chi connectivity index (χ4v) is 1.67. The molecule has 0 atom stereocenters. The van der Waals surface area contributed by atoms with Crippen molar-refractivity contribution >= 4 is 44.2 Å². The molecule has 1 nitrogen and oxygen atoms in total. The van der Waals surface area contributed by atoms with E-state index in [1.807, 2.05) is 12.1 Å². The SMILES string of the molecule is N#C/C=C(/Cl)c1cccc(Br)c1Cl. The van der Waals surface area contributed by atoms with Crippen LogP contribution in [0.25, 0.3) is 5.03 Å². The third-order valence-electron chi connectivity index (χ3n) is 1.40. The molecule has 66 valence electrons. The van der Waals surface area contributed by atoms with Crippen LogP contribution in [-0.4, -0.2) is 0 Å². The first-order valence-electron chi connectivity index (χ1n) is 3.36. The molecule has 0 saturated carbocycles. The van der Waals surface area contributed by atoms with E-state index in [2.05, 4.69) is 15.9 Å². The lowest BCUT2D eigenvalue weighted by atomic mass is 10.2. The molecule has 0 radical (unpaired) electrons. The summed E-state index contributed by atoms with van der Waals surface area (Å²) in [7, 11) is 0. The van der Waals surface area contributed by atoms with Crippen molar-refractivity contribution in [3.05, 3.63) is 39.3 Å². The highest BCUT2D eigenvalue weighted by molar-refractivity contribution is 9.10. The summed E-state index contributed by atoms with van der Waals surface area (Å²) < 4.78 is 0.760. The molecule has 0 unspecified atom stereocenters. The van der Waals surface area contributed by atoms with E-state index in [9.17, 15) is 0 Å². The summed E-state index contributed by atoms with van der Waals surface area (Å²) in [5.41, 5.74) is 0.652. The van der Waals surface area contributed by atoms with Gasteiger partial charge >= 0.3 is 0 Å². The topological polar surface area (TPSA) is 23.8 Å². The Morgan fingerprint density at radius 3 is 2.85 bits per heavy atom. The van der Waals surface area contributed by atoms with Gasteiger partial charge in [0, 0.05) is 16.1 Å². The Kier molecular flexibility index (Phi) is 3.80. The highest BCUT2D eigenvalue weighted by atomic mass is 79.9. The van der Waals surface area contributed by atoms with Crippen molar-refractivity contribution in [3.8, 4) is 6.07 Å². The molecule has 0 fully saturated rings. The van der Waals surface area contributed by atoms with Gasteiger partial charge < -0.3 is 0 Å². The fraction of sp³-hybridized carbons (Fsp3) is 0. The predicted molar refractivity (Wildman–Crippen MR) is 58.6 cm³/mol. The molecule has 0 aliphatic rings. The molecular weight excluding hydrogens is 273 g/mol. The number of hydrogen-bond donors (Lipinski definition) is 0. The molecule has 13 heavy (non-hydrogen) atoms. The number of nitriles is 1. The molecular formula is C9H4BrCl2N. The molecule has 0 spiro atoms. The molecule has 0 aliphatic carbocycles. The number of nitrogens with zero attached hydrogens (tertiary/aromatic N) is 1. The Morgan fingerprint density at radius 2 is 2.23 bits per heavy atom. The van der Waals surface area contributed by atoms with E-state index in [1.165, 1.54) is 6.08 Å². The highest BCUT2D eigenvalue weighted by Crippen LogP contribution is 2.32. The van der Waals surface area contributed by atoms with Crippen LogP contribution in [0.5, 0.6) is 0 Å². The first kappa shape index (κ1) is 10.6. The van der Waals surface area contributed by atoms with Gasteiger partial charge in [-0.2, -0.15) is 5.26 Å². The van der Waals surface area contributed by atoms with Crippen LogP contribution < -0.4 is 0 Å². The zero-order valence-corrected chi connectivity index (χ0v) is 9.49. The van der Waals surface area contributed by atoms with Gasteiger partial charge in [-0.25, -0.2) is 0 Å². The van der Waals surface area contributed by atoms with Crippen LogP contribution in [0.1, 0.15) is 5.56 Å². The van der Waals surface area contributed by atoms with Gasteiger partial charge in [0.15, 0.2) is 0 Å². The quantitative estimate of drug-likeness (QED) is 0.705. The Labute approximate surface area is 94.7 Å². The van der Waals surface area contributed by atoms with E-state index in [0.717, 1.165) is 4.47 Å². The molecule has 0 bridgehead atoms. The van der Waals surface area contributed by atoms with Gasteiger partial charge in [-0.05, 0) is 22.0 Å². The lowest BCUT2D eigenvalue weighted by Gasteiger charge is -2.02. The van der Waals surface area contributed by atoms with Crippen molar-refractivity contribution in [3.63, 3.8) is 0 Å². The minimum Gasteiger partial charge on any atom is -0.193 e. The van der Waals surface area contributed by atoms with Gasteiger partial charge in [0.1, 0.15) is 0 Å². The second kappa shape index (κ2) is 4.66. The molecule has 1 aromatic rings. The molecule has 1 aromatic carbocycles. The Bertz CT molecular complexity index is 393. The van der Waals surface area contributed by atoms with E-state index < -0.39 is 0 Å². The van der Waals surface area contributed by atoms with Gasteiger partial charge in [0.2, 0.25) is 0 Å². The monoisotopic (exact) mass is 275 g/mol. The van der Waals surface area contributed by atoms with Crippen molar-refractivity contribution < 1.29 is 0 Å². The maximum atomic E-state index is 8.39. The van der Waals surface area contributed by atoms with Crippen molar-refractivity contribution in [2.75, 3.05) is 0 Å². The summed E-state index contributed by atoms with van der Waals surface area (Å²) >= 11 is 15.0. The summed E-state index contributed by atoms with van der Waals surface area (Å²) in [6.45, 7) is 0. The maximum absolute atomic E-state index is 8.39. The number of allylic oxidation sites excluding steroid dienone is 1. The van der Waals surface area contributed by atoms with E-state index in [4.69, 9.17) is 28.5 Å². The summed E-state index contributed by atoms with van der Waals surface area (Å²) in [6, 6.07) is 7.21. The van der Waals surface area contributed by atoms with Crippen molar-refractivity contribution in [1.82, 2.24) is 0 Å². The molecule has 4 heteroatoms. The molecule has 0 saturated heterocycles. The maximum Gasteiger partial charge on any atom is 0.0927 e. The van der Waals surface area contributed by atoms with Crippen molar-refractivity contribution in [2.45, 2.75) is 0 Å². The third kappa shape index (κ3) is 2.47. The number of rotatable bonds is 1. The van der Waals surface area contributed by atoms with E-state index in [1.54, 1.807) is 12.1 Å². The standard InChI is InChI=1S/C9H4BrCl2N/c10-7-3-1-2-6(9(7)12)8(11)4-5-13/h1-4H/b8-4+. The van der Waals surface area contributed by atoms with Gasteiger partial charge in [-0.15, -0.1) is 0 Å². The highest BCUT2D eigenvalue weighted by Gasteiger charge is 2.06. The summed E-state index contributed by atoms with van der Waals surface area (Å²) in [4.78, 5) is 0. The second-order valence-corrected chi connectivity index (χ2v) is 3.86. The molecule has 1 rings (SSSR count). The predicted octanol–water partition coefficient (Wildman–Crippen LogP) is 4.21. The van der Waals surface area contributed by atoms with Crippen molar-refractivity contribution in [1.29, 1.82) is 5.26 Å². The van der Waals surface area contributed by atoms with Crippen LogP contribution in [0.3, 0.4) is 0 Å². The van der Waals surface area contributed by atoms with Crippen LogP contribution in [0.15, 0.2) is 28.7 Å². The van der Waals surface area contributed by atoms with Crippen LogP contribution in [0.4, 0.5) is 0 Å². The molecule has 0 aromatic heterocycles. The van der Waals surface area contributed by atoms with Crippen LogP contribution in [0, 0.1) is 11.3 Å². The van der Waals surface area contributed by atoms with Crippen LogP contribution in [0.2, 0.25) is 5.02 Å².